The second kappa shape index (κ2) is 6.19. The van der Waals surface area contributed by atoms with Crippen molar-refractivity contribution in [2.75, 3.05) is 20.3 Å². The van der Waals surface area contributed by atoms with E-state index in [4.69, 9.17) is 14.2 Å². The zero-order chi connectivity index (χ0) is 15.5. The van der Waals surface area contributed by atoms with E-state index in [9.17, 15) is 4.79 Å². The molecular weight excluding hydrogens is 284 g/mol. The first kappa shape index (κ1) is 14.6. The quantitative estimate of drug-likeness (QED) is 0.810. The fourth-order valence-electron chi connectivity index (χ4n) is 2.54. The highest BCUT2D eigenvalue weighted by Crippen LogP contribution is 2.25. The largest absolute Gasteiger partial charge is 0.497 e. The number of carbonyl (C=O) groups excluding carboxylic acids is 1. The lowest BCUT2D eigenvalue weighted by atomic mass is 10.1. The molecule has 0 spiro atoms. The molecule has 0 fully saturated rings. The van der Waals surface area contributed by atoms with Gasteiger partial charge in [0.05, 0.1) is 38.3 Å². The van der Waals surface area contributed by atoms with E-state index in [0.717, 1.165) is 22.7 Å². The van der Waals surface area contributed by atoms with Crippen molar-refractivity contribution in [2.24, 2.45) is 0 Å². The molecule has 0 N–H and O–H groups in total. The average molecular weight is 302 g/mol. The van der Waals surface area contributed by atoms with Gasteiger partial charge in [0.25, 0.3) is 0 Å². The van der Waals surface area contributed by atoms with Gasteiger partial charge in [-0.2, -0.15) is 5.10 Å². The number of aromatic nitrogens is 2. The molecule has 0 atom stereocenters. The molecule has 1 aliphatic heterocycles. The normalized spacial score (nSPS) is 13.5. The number of ether oxygens (including phenoxy) is 3. The van der Waals surface area contributed by atoms with Crippen molar-refractivity contribution in [2.45, 2.75) is 20.0 Å². The van der Waals surface area contributed by atoms with Crippen LogP contribution in [-0.2, 0) is 22.5 Å². The molecule has 2 aromatic rings. The Balaban J connectivity index is 2.05. The van der Waals surface area contributed by atoms with Crippen LogP contribution in [0.25, 0.3) is 5.69 Å². The van der Waals surface area contributed by atoms with Crippen LogP contribution < -0.4 is 4.74 Å². The number of rotatable bonds is 4. The Hall–Kier alpha value is -2.34. The number of nitrogens with zero attached hydrogens (tertiary/aromatic N) is 2. The minimum Gasteiger partial charge on any atom is -0.497 e. The molecule has 22 heavy (non-hydrogen) atoms. The zero-order valence-electron chi connectivity index (χ0n) is 12.7. The molecule has 3 rings (SSSR count). The van der Waals surface area contributed by atoms with Crippen molar-refractivity contribution in [3.63, 3.8) is 0 Å². The summed E-state index contributed by atoms with van der Waals surface area (Å²) in [6.45, 7) is 3.11. The van der Waals surface area contributed by atoms with E-state index >= 15 is 0 Å². The van der Waals surface area contributed by atoms with Gasteiger partial charge in [-0.3, -0.25) is 0 Å². The maximum atomic E-state index is 12.1. The van der Waals surface area contributed by atoms with Crippen LogP contribution >= 0.6 is 0 Å². The lowest BCUT2D eigenvalue weighted by Crippen LogP contribution is -2.14. The van der Waals surface area contributed by atoms with E-state index in [1.165, 1.54) is 0 Å². The lowest BCUT2D eigenvalue weighted by molar-refractivity contribution is 0.0509. The van der Waals surface area contributed by atoms with Crippen molar-refractivity contribution in [3.05, 3.63) is 41.2 Å². The van der Waals surface area contributed by atoms with Gasteiger partial charge in [-0.25, -0.2) is 9.48 Å². The molecule has 116 valence electrons. The molecule has 1 aliphatic rings. The minimum atomic E-state index is -0.406. The average Bonchev–Trinajstić information content (AvgIpc) is 2.95. The van der Waals surface area contributed by atoms with Crippen molar-refractivity contribution < 1.29 is 19.0 Å². The highest BCUT2D eigenvalue weighted by molar-refractivity contribution is 5.89. The predicted molar refractivity (Wildman–Crippen MR) is 79.4 cm³/mol. The van der Waals surface area contributed by atoms with Crippen LogP contribution in [0.2, 0.25) is 0 Å². The molecule has 0 radical (unpaired) electrons. The van der Waals surface area contributed by atoms with E-state index in [-0.39, 0.29) is 0 Å². The summed E-state index contributed by atoms with van der Waals surface area (Å²) >= 11 is 0. The monoisotopic (exact) mass is 302 g/mol. The smallest absolute Gasteiger partial charge is 0.359 e. The molecule has 0 aliphatic carbocycles. The van der Waals surface area contributed by atoms with Crippen molar-refractivity contribution >= 4 is 5.97 Å². The molecule has 0 unspecified atom stereocenters. The van der Waals surface area contributed by atoms with Crippen LogP contribution in [0.15, 0.2) is 24.3 Å². The van der Waals surface area contributed by atoms with E-state index in [2.05, 4.69) is 5.10 Å². The minimum absolute atomic E-state index is 0.323. The second-order valence-electron chi connectivity index (χ2n) is 4.91. The Kier molecular flexibility index (Phi) is 4.11. The maximum Gasteiger partial charge on any atom is 0.359 e. The first-order valence-corrected chi connectivity index (χ1v) is 7.24. The molecule has 6 nitrogen and oxygen atoms in total. The van der Waals surface area contributed by atoms with Gasteiger partial charge in [-0.1, -0.05) is 0 Å². The van der Waals surface area contributed by atoms with Gasteiger partial charge in [0, 0.05) is 12.0 Å². The van der Waals surface area contributed by atoms with E-state index in [1.54, 1.807) is 18.7 Å². The van der Waals surface area contributed by atoms with Crippen molar-refractivity contribution in [3.8, 4) is 11.4 Å². The lowest BCUT2D eigenvalue weighted by Gasteiger charge is -2.15. The third-order valence-electron chi connectivity index (χ3n) is 3.61. The van der Waals surface area contributed by atoms with E-state index in [1.807, 2.05) is 24.3 Å². The number of esters is 1. The third-order valence-corrected chi connectivity index (χ3v) is 3.61. The Morgan fingerprint density at radius 1 is 1.36 bits per heavy atom. The molecule has 6 heteroatoms. The maximum absolute atomic E-state index is 12.1. The Bertz CT molecular complexity index is 676. The zero-order valence-corrected chi connectivity index (χ0v) is 12.7. The van der Waals surface area contributed by atoms with Gasteiger partial charge in [0.2, 0.25) is 0 Å². The Morgan fingerprint density at radius 3 is 2.82 bits per heavy atom. The molecule has 0 saturated carbocycles. The van der Waals surface area contributed by atoms with Crippen LogP contribution in [0.5, 0.6) is 5.75 Å². The standard InChI is InChI=1S/C16H18N2O4/c1-3-22-16(19)15-13-10-21-9-8-14(13)18(17-15)11-4-6-12(20-2)7-5-11/h4-7H,3,8-10H2,1-2H3. The van der Waals surface area contributed by atoms with E-state index < -0.39 is 5.97 Å². The summed E-state index contributed by atoms with van der Waals surface area (Å²) < 4.78 is 17.5. The topological polar surface area (TPSA) is 62.6 Å². The number of hydrogen-bond donors (Lipinski definition) is 0. The van der Waals surface area contributed by atoms with Crippen molar-refractivity contribution in [1.29, 1.82) is 0 Å². The highest BCUT2D eigenvalue weighted by atomic mass is 16.5. The molecule has 0 saturated heterocycles. The SMILES string of the molecule is CCOC(=O)c1nn(-c2ccc(OC)cc2)c2c1COCC2. The van der Waals surface area contributed by atoms with Crippen molar-refractivity contribution in [1.82, 2.24) is 9.78 Å². The van der Waals surface area contributed by atoms with Gasteiger partial charge in [0.15, 0.2) is 5.69 Å². The number of carbonyl (C=O) groups is 1. The van der Waals surface area contributed by atoms with Gasteiger partial charge >= 0.3 is 5.97 Å². The second-order valence-corrected chi connectivity index (χ2v) is 4.91. The molecule has 1 aromatic carbocycles. The molecule has 1 aromatic heterocycles. The van der Waals surface area contributed by atoms with Crippen LogP contribution in [0.3, 0.4) is 0 Å². The highest BCUT2D eigenvalue weighted by Gasteiger charge is 2.26. The predicted octanol–water partition coefficient (Wildman–Crippen LogP) is 2.13. The first-order valence-electron chi connectivity index (χ1n) is 7.24. The van der Waals surface area contributed by atoms with Crippen LogP contribution in [0, 0.1) is 0 Å². The fraction of sp³-hybridized carbons (Fsp3) is 0.375. The Morgan fingerprint density at radius 2 is 2.14 bits per heavy atom. The molecule has 0 bridgehead atoms. The summed E-state index contributed by atoms with van der Waals surface area (Å²) in [5.41, 5.74) is 3.04. The number of fused-ring (bicyclic) bond motifs is 1. The first-order chi connectivity index (χ1) is 10.7. The van der Waals surface area contributed by atoms with E-state index in [0.29, 0.717) is 31.9 Å². The summed E-state index contributed by atoms with van der Waals surface area (Å²) in [5, 5.41) is 4.46. The molecule has 2 heterocycles. The van der Waals surface area contributed by atoms with Crippen LogP contribution in [0.4, 0.5) is 0 Å². The fourth-order valence-corrected chi connectivity index (χ4v) is 2.54. The summed E-state index contributed by atoms with van der Waals surface area (Å²) in [6.07, 6.45) is 0.716. The van der Waals surface area contributed by atoms with Crippen LogP contribution in [0.1, 0.15) is 28.7 Å². The summed E-state index contributed by atoms with van der Waals surface area (Å²) in [6, 6.07) is 7.56. The van der Waals surface area contributed by atoms with Gasteiger partial charge in [0.1, 0.15) is 5.75 Å². The van der Waals surface area contributed by atoms with Crippen LogP contribution in [-0.4, -0.2) is 36.1 Å². The summed E-state index contributed by atoms with van der Waals surface area (Å²) in [4.78, 5) is 12.1. The molecular formula is C16H18N2O4. The summed E-state index contributed by atoms with van der Waals surface area (Å²) in [7, 11) is 1.63. The Labute approximate surface area is 128 Å². The number of benzene rings is 1. The van der Waals surface area contributed by atoms with Gasteiger partial charge < -0.3 is 14.2 Å². The number of hydrogen-bond acceptors (Lipinski definition) is 5. The van der Waals surface area contributed by atoms with Gasteiger partial charge in [-0.15, -0.1) is 0 Å². The third kappa shape index (κ3) is 2.57. The molecule has 0 amide bonds. The summed E-state index contributed by atoms with van der Waals surface area (Å²) in [5.74, 6) is 0.371. The van der Waals surface area contributed by atoms with Gasteiger partial charge in [-0.05, 0) is 31.2 Å². The number of methoxy groups -OCH3 is 1.